The number of ether oxygens (including phenoxy) is 1. The molecule has 0 spiro atoms. The third kappa shape index (κ3) is 7.84. The van der Waals surface area contributed by atoms with E-state index in [9.17, 15) is 4.79 Å². The highest BCUT2D eigenvalue weighted by molar-refractivity contribution is 5.68. The number of hydrogen-bond acceptors (Lipinski definition) is 4. The number of amides is 1. The molecule has 1 aliphatic heterocycles. The minimum absolute atomic E-state index is 0.267. The predicted octanol–water partition coefficient (Wildman–Crippen LogP) is 3.29. The third-order valence-electron chi connectivity index (χ3n) is 5.01. The van der Waals surface area contributed by atoms with Crippen LogP contribution < -0.4 is 10.6 Å². The second-order valence-electron chi connectivity index (χ2n) is 8.40. The van der Waals surface area contributed by atoms with Gasteiger partial charge in [0.1, 0.15) is 5.60 Å². The summed E-state index contributed by atoms with van der Waals surface area (Å²) in [6.07, 6.45) is 9.61. The van der Waals surface area contributed by atoms with Gasteiger partial charge in [-0.25, -0.2) is 4.79 Å². The average molecular weight is 340 g/mol. The maximum absolute atomic E-state index is 11.8. The molecule has 140 valence electrons. The number of rotatable bonds is 5. The predicted molar refractivity (Wildman–Crippen MR) is 98.3 cm³/mol. The first-order valence-corrected chi connectivity index (χ1v) is 9.87. The van der Waals surface area contributed by atoms with E-state index < -0.39 is 5.60 Å². The molecule has 0 atom stereocenters. The molecule has 2 N–H and O–H groups in total. The van der Waals surface area contributed by atoms with Crippen LogP contribution in [0.5, 0.6) is 0 Å². The standard InChI is InChI=1S/C19H37N3O2/c1-19(2,3)24-18(23)21-17-10-8-16(9-11-17)20-12-15-22-13-6-4-5-7-14-22/h16-17,20H,4-15H2,1-3H3,(H,21,23). The summed E-state index contributed by atoms with van der Waals surface area (Å²) in [5.41, 5.74) is -0.420. The van der Waals surface area contributed by atoms with Crippen LogP contribution in [0.1, 0.15) is 72.1 Å². The molecule has 1 saturated carbocycles. The lowest BCUT2D eigenvalue weighted by molar-refractivity contribution is 0.0489. The number of carbonyl (C=O) groups is 1. The first kappa shape index (κ1) is 19.5. The van der Waals surface area contributed by atoms with Crippen LogP contribution in [-0.2, 0) is 4.74 Å². The fourth-order valence-corrected chi connectivity index (χ4v) is 3.70. The van der Waals surface area contributed by atoms with Gasteiger partial charge in [-0.1, -0.05) is 12.8 Å². The first-order chi connectivity index (χ1) is 11.4. The van der Waals surface area contributed by atoms with Crippen molar-refractivity contribution in [2.45, 2.75) is 89.8 Å². The van der Waals surface area contributed by atoms with Gasteiger partial charge in [-0.2, -0.15) is 0 Å². The van der Waals surface area contributed by atoms with Crippen molar-refractivity contribution >= 4 is 6.09 Å². The van der Waals surface area contributed by atoms with Crippen LogP contribution in [-0.4, -0.2) is 54.9 Å². The van der Waals surface area contributed by atoms with Crippen molar-refractivity contribution in [3.63, 3.8) is 0 Å². The normalized spacial score (nSPS) is 26.6. The topological polar surface area (TPSA) is 53.6 Å². The summed E-state index contributed by atoms with van der Waals surface area (Å²) in [6.45, 7) is 10.5. The van der Waals surface area contributed by atoms with Gasteiger partial charge >= 0.3 is 6.09 Å². The van der Waals surface area contributed by atoms with Gasteiger partial charge in [0.15, 0.2) is 0 Å². The molecule has 5 heteroatoms. The van der Waals surface area contributed by atoms with Crippen LogP contribution >= 0.6 is 0 Å². The van der Waals surface area contributed by atoms with Crippen molar-refractivity contribution in [1.82, 2.24) is 15.5 Å². The van der Waals surface area contributed by atoms with E-state index in [2.05, 4.69) is 15.5 Å². The maximum atomic E-state index is 11.8. The van der Waals surface area contributed by atoms with E-state index in [4.69, 9.17) is 4.74 Å². The van der Waals surface area contributed by atoms with E-state index in [0.29, 0.717) is 6.04 Å². The Morgan fingerprint density at radius 2 is 1.58 bits per heavy atom. The molecule has 1 amide bonds. The van der Waals surface area contributed by atoms with Crippen molar-refractivity contribution in [2.24, 2.45) is 0 Å². The Balaban J connectivity index is 1.56. The fraction of sp³-hybridized carbons (Fsp3) is 0.947. The van der Waals surface area contributed by atoms with E-state index in [1.54, 1.807) is 0 Å². The summed E-state index contributed by atoms with van der Waals surface area (Å²) in [5, 5.41) is 6.73. The highest BCUT2D eigenvalue weighted by Gasteiger charge is 2.24. The molecule has 0 radical (unpaired) electrons. The molecule has 2 aliphatic rings. The summed E-state index contributed by atoms with van der Waals surface area (Å²) in [4.78, 5) is 14.4. The van der Waals surface area contributed by atoms with E-state index in [1.165, 1.54) is 45.3 Å². The van der Waals surface area contributed by atoms with E-state index in [1.807, 2.05) is 20.8 Å². The average Bonchev–Trinajstić information content (AvgIpc) is 2.76. The molecule has 5 nitrogen and oxygen atoms in total. The van der Waals surface area contributed by atoms with Gasteiger partial charge in [0.25, 0.3) is 0 Å². The molecular formula is C19H37N3O2. The number of nitrogens with one attached hydrogen (secondary N) is 2. The largest absolute Gasteiger partial charge is 0.444 e. The zero-order chi connectivity index (χ0) is 17.4. The molecule has 24 heavy (non-hydrogen) atoms. The minimum Gasteiger partial charge on any atom is -0.444 e. The minimum atomic E-state index is -0.420. The molecule has 2 rings (SSSR count). The first-order valence-electron chi connectivity index (χ1n) is 9.87. The molecule has 2 fully saturated rings. The van der Waals surface area contributed by atoms with Crippen LogP contribution in [0.25, 0.3) is 0 Å². The van der Waals surface area contributed by atoms with E-state index >= 15 is 0 Å². The molecule has 1 heterocycles. The second kappa shape index (κ2) is 9.62. The monoisotopic (exact) mass is 339 g/mol. The van der Waals surface area contributed by atoms with Crippen molar-refractivity contribution in [3.8, 4) is 0 Å². The number of hydrogen-bond donors (Lipinski definition) is 2. The Hall–Kier alpha value is -0.810. The van der Waals surface area contributed by atoms with Gasteiger partial charge in [0.05, 0.1) is 0 Å². The lowest BCUT2D eigenvalue weighted by Gasteiger charge is -2.31. The second-order valence-corrected chi connectivity index (χ2v) is 8.40. The molecule has 0 bridgehead atoms. The van der Waals surface area contributed by atoms with Gasteiger partial charge < -0.3 is 20.3 Å². The van der Waals surface area contributed by atoms with Crippen LogP contribution in [0.2, 0.25) is 0 Å². The smallest absolute Gasteiger partial charge is 0.407 e. The maximum Gasteiger partial charge on any atom is 0.407 e. The highest BCUT2D eigenvalue weighted by Crippen LogP contribution is 2.19. The van der Waals surface area contributed by atoms with Gasteiger partial charge in [0.2, 0.25) is 0 Å². The summed E-state index contributed by atoms with van der Waals surface area (Å²) in [7, 11) is 0. The highest BCUT2D eigenvalue weighted by atomic mass is 16.6. The summed E-state index contributed by atoms with van der Waals surface area (Å²) < 4.78 is 5.34. The van der Waals surface area contributed by atoms with E-state index in [-0.39, 0.29) is 12.1 Å². The Morgan fingerprint density at radius 1 is 1.00 bits per heavy atom. The quantitative estimate of drug-likeness (QED) is 0.807. The van der Waals surface area contributed by atoms with Gasteiger partial charge in [-0.3, -0.25) is 0 Å². The molecule has 0 aromatic carbocycles. The summed E-state index contributed by atoms with van der Waals surface area (Å²) >= 11 is 0. The van der Waals surface area contributed by atoms with Gasteiger partial charge in [-0.05, 0) is 72.4 Å². The zero-order valence-corrected chi connectivity index (χ0v) is 15.9. The lowest BCUT2D eigenvalue weighted by Crippen LogP contribution is -2.45. The van der Waals surface area contributed by atoms with Crippen LogP contribution in [0, 0.1) is 0 Å². The summed E-state index contributed by atoms with van der Waals surface area (Å²) in [6, 6.07) is 0.872. The van der Waals surface area contributed by atoms with Crippen LogP contribution in [0.4, 0.5) is 4.79 Å². The molecule has 0 unspecified atom stereocenters. The molecule has 1 saturated heterocycles. The molecule has 0 aromatic rings. The number of likely N-dealkylation sites (tertiary alicyclic amines) is 1. The summed E-state index contributed by atoms with van der Waals surface area (Å²) in [5.74, 6) is 0. The van der Waals surface area contributed by atoms with Crippen LogP contribution in [0.3, 0.4) is 0 Å². The number of nitrogens with zero attached hydrogens (tertiary/aromatic N) is 1. The van der Waals surface area contributed by atoms with Crippen molar-refractivity contribution in [2.75, 3.05) is 26.2 Å². The van der Waals surface area contributed by atoms with Crippen molar-refractivity contribution in [3.05, 3.63) is 0 Å². The fourth-order valence-electron chi connectivity index (χ4n) is 3.70. The number of alkyl carbamates (subject to hydrolysis) is 1. The van der Waals surface area contributed by atoms with Crippen LogP contribution in [0.15, 0.2) is 0 Å². The molecule has 1 aliphatic carbocycles. The SMILES string of the molecule is CC(C)(C)OC(=O)NC1CCC(NCCN2CCCCCC2)CC1. The van der Waals surface area contributed by atoms with Gasteiger partial charge in [-0.15, -0.1) is 0 Å². The third-order valence-corrected chi connectivity index (χ3v) is 5.01. The molecule has 0 aromatic heterocycles. The van der Waals surface area contributed by atoms with Crippen molar-refractivity contribution < 1.29 is 9.53 Å². The Morgan fingerprint density at radius 3 is 2.17 bits per heavy atom. The Bertz CT molecular complexity index is 365. The van der Waals surface area contributed by atoms with Crippen molar-refractivity contribution in [1.29, 1.82) is 0 Å². The molecular weight excluding hydrogens is 302 g/mol. The lowest BCUT2D eigenvalue weighted by atomic mass is 9.91. The zero-order valence-electron chi connectivity index (χ0n) is 15.9. The van der Waals surface area contributed by atoms with Gasteiger partial charge in [0, 0.05) is 25.2 Å². The van der Waals surface area contributed by atoms with E-state index in [0.717, 1.165) is 32.2 Å². The Labute approximate surface area is 147 Å². The number of carbonyl (C=O) groups excluding carboxylic acids is 1. The Kier molecular flexibility index (Phi) is 7.82.